The molecular formula is C14H18N2O2. The van der Waals surface area contributed by atoms with E-state index in [1.807, 2.05) is 4.90 Å². The fourth-order valence-corrected chi connectivity index (χ4v) is 2.45. The Morgan fingerprint density at radius 1 is 1.33 bits per heavy atom. The minimum Gasteiger partial charge on any atom is -0.381 e. The Morgan fingerprint density at radius 2 is 2.11 bits per heavy atom. The standard InChI is InChI=1S/C14H18N2O2/c17-14(12-3-6-15-7-4-12)16(13-1-2-13)9-11-5-8-18-10-11/h3-4,6-7,11,13H,1-2,5,8-10H2. The summed E-state index contributed by atoms with van der Waals surface area (Å²) in [4.78, 5) is 18.5. The smallest absolute Gasteiger partial charge is 0.254 e. The highest BCUT2D eigenvalue weighted by Gasteiger charge is 2.35. The average Bonchev–Trinajstić information content (AvgIpc) is 3.13. The highest BCUT2D eigenvalue weighted by molar-refractivity contribution is 5.94. The van der Waals surface area contributed by atoms with Crippen LogP contribution in [0.4, 0.5) is 0 Å². The fraction of sp³-hybridized carbons (Fsp3) is 0.571. The highest BCUT2D eigenvalue weighted by atomic mass is 16.5. The number of carbonyl (C=O) groups excluding carboxylic acids is 1. The number of amides is 1. The van der Waals surface area contributed by atoms with Crippen LogP contribution in [-0.2, 0) is 4.74 Å². The largest absolute Gasteiger partial charge is 0.381 e. The molecule has 0 aromatic carbocycles. The van der Waals surface area contributed by atoms with E-state index in [4.69, 9.17) is 4.74 Å². The molecule has 0 radical (unpaired) electrons. The fourth-order valence-electron chi connectivity index (χ4n) is 2.45. The van der Waals surface area contributed by atoms with Crippen LogP contribution in [-0.4, -0.2) is 41.6 Å². The molecule has 1 aromatic heterocycles. The van der Waals surface area contributed by atoms with Crippen molar-refractivity contribution < 1.29 is 9.53 Å². The Balaban J connectivity index is 1.71. The van der Waals surface area contributed by atoms with E-state index in [1.165, 1.54) is 0 Å². The lowest BCUT2D eigenvalue weighted by Gasteiger charge is -2.25. The van der Waals surface area contributed by atoms with Gasteiger partial charge in [0, 0.05) is 43.1 Å². The predicted molar refractivity (Wildman–Crippen MR) is 67.2 cm³/mol. The molecule has 1 atom stereocenters. The number of ether oxygens (including phenoxy) is 1. The van der Waals surface area contributed by atoms with Crippen molar-refractivity contribution in [3.63, 3.8) is 0 Å². The second-order valence-electron chi connectivity index (χ2n) is 5.15. The van der Waals surface area contributed by atoms with Crippen molar-refractivity contribution >= 4 is 5.91 Å². The zero-order valence-electron chi connectivity index (χ0n) is 10.4. The maximum absolute atomic E-state index is 12.5. The molecule has 0 N–H and O–H groups in total. The van der Waals surface area contributed by atoms with Gasteiger partial charge in [-0.25, -0.2) is 0 Å². The second-order valence-corrected chi connectivity index (χ2v) is 5.15. The minimum atomic E-state index is 0.145. The molecule has 2 aliphatic rings. The first kappa shape index (κ1) is 11.7. The molecule has 4 heteroatoms. The van der Waals surface area contributed by atoms with Crippen molar-refractivity contribution in [2.45, 2.75) is 25.3 Å². The quantitative estimate of drug-likeness (QED) is 0.812. The number of carbonyl (C=O) groups is 1. The molecule has 2 fully saturated rings. The van der Waals surface area contributed by atoms with Gasteiger partial charge in [-0.15, -0.1) is 0 Å². The summed E-state index contributed by atoms with van der Waals surface area (Å²) in [7, 11) is 0. The molecule has 1 amide bonds. The summed E-state index contributed by atoms with van der Waals surface area (Å²) in [5.41, 5.74) is 0.746. The number of hydrogen-bond acceptors (Lipinski definition) is 3. The van der Waals surface area contributed by atoms with Crippen LogP contribution in [0, 0.1) is 5.92 Å². The van der Waals surface area contributed by atoms with Crippen molar-refractivity contribution in [2.24, 2.45) is 5.92 Å². The van der Waals surface area contributed by atoms with Gasteiger partial charge in [0.15, 0.2) is 0 Å². The van der Waals surface area contributed by atoms with Crippen LogP contribution in [0.5, 0.6) is 0 Å². The van der Waals surface area contributed by atoms with Gasteiger partial charge in [-0.3, -0.25) is 9.78 Å². The van der Waals surface area contributed by atoms with Crippen LogP contribution >= 0.6 is 0 Å². The van der Waals surface area contributed by atoms with Gasteiger partial charge in [0.05, 0.1) is 6.61 Å². The number of rotatable bonds is 4. The van der Waals surface area contributed by atoms with Crippen LogP contribution in [0.1, 0.15) is 29.6 Å². The summed E-state index contributed by atoms with van der Waals surface area (Å²) < 4.78 is 5.40. The number of aromatic nitrogens is 1. The summed E-state index contributed by atoms with van der Waals surface area (Å²) in [6.45, 7) is 2.48. The number of pyridine rings is 1. The predicted octanol–water partition coefficient (Wildman–Crippen LogP) is 1.72. The topological polar surface area (TPSA) is 42.4 Å². The van der Waals surface area contributed by atoms with E-state index >= 15 is 0 Å². The molecule has 2 heterocycles. The Morgan fingerprint density at radius 3 is 2.72 bits per heavy atom. The minimum absolute atomic E-state index is 0.145. The number of nitrogens with zero attached hydrogens (tertiary/aromatic N) is 2. The molecule has 1 aromatic rings. The van der Waals surface area contributed by atoms with Gasteiger partial charge < -0.3 is 9.64 Å². The Bertz CT molecular complexity index is 411. The maximum Gasteiger partial charge on any atom is 0.254 e. The zero-order valence-corrected chi connectivity index (χ0v) is 10.4. The van der Waals surface area contributed by atoms with E-state index in [-0.39, 0.29) is 5.91 Å². The third kappa shape index (κ3) is 2.53. The molecule has 1 saturated carbocycles. The molecule has 1 unspecified atom stereocenters. The van der Waals surface area contributed by atoms with Crippen molar-refractivity contribution in [1.29, 1.82) is 0 Å². The Kier molecular flexibility index (Phi) is 3.28. The third-order valence-corrected chi connectivity index (χ3v) is 3.65. The summed E-state index contributed by atoms with van der Waals surface area (Å²) in [5.74, 6) is 0.656. The summed E-state index contributed by atoms with van der Waals surface area (Å²) in [6.07, 6.45) is 6.72. The second kappa shape index (κ2) is 5.06. The summed E-state index contributed by atoms with van der Waals surface area (Å²) in [5, 5.41) is 0. The molecule has 1 aliphatic heterocycles. The van der Waals surface area contributed by atoms with E-state index in [1.54, 1.807) is 24.5 Å². The van der Waals surface area contributed by atoms with Crippen molar-refractivity contribution in [2.75, 3.05) is 19.8 Å². The van der Waals surface area contributed by atoms with Crippen LogP contribution in [0.3, 0.4) is 0 Å². The first-order chi connectivity index (χ1) is 8.84. The lowest BCUT2D eigenvalue weighted by molar-refractivity contribution is 0.0706. The van der Waals surface area contributed by atoms with E-state index < -0.39 is 0 Å². The van der Waals surface area contributed by atoms with Crippen molar-refractivity contribution in [3.8, 4) is 0 Å². The normalized spacial score (nSPS) is 23.0. The Labute approximate surface area is 107 Å². The Hall–Kier alpha value is -1.42. The van der Waals surface area contributed by atoms with E-state index in [0.29, 0.717) is 12.0 Å². The molecule has 0 spiro atoms. The molecule has 18 heavy (non-hydrogen) atoms. The van der Waals surface area contributed by atoms with Gasteiger partial charge in [0.1, 0.15) is 0 Å². The van der Waals surface area contributed by atoms with Crippen molar-refractivity contribution in [1.82, 2.24) is 9.88 Å². The zero-order chi connectivity index (χ0) is 12.4. The van der Waals surface area contributed by atoms with E-state index in [2.05, 4.69) is 4.98 Å². The summed E-state index contributed by atoms with van der Waals surface area (Å²) >= 11 is 0. The van der Waals surface area contributed by atoms with Crippen LogP contribution in [0.25, 0.3) is 0 Å². The van der Waals surface area contributed by atoms with Gasteiger partial charge in [-0.05, 0) is 31.4 Å². The van der Waals surface area contributed by atoms with Crippen LogP contribution in [0.15, 0.2) is 24.5 Å². The van der Waals surface area contributed by atoms with E-state index in [9.17, 15) is 4.79 Å². The molecular weight excluding hydrogens is 228 g/mol. The first-order valence-electron chi connectivity index (χ1n) is 6.63. The lowest BCUT2D eigenvalue weighted by Crippen LogP contribution is -2.37. The molecule has 1 aliphatic carbocycles. The van der Waals surface area contributed by atoms with Crippen LogP contribution < -0.4 is 0 Å². The molecule has 3 rings (SSSR count). The van der Waals surface area contributed by atoms with Gasteiger partial charge in [-0.1, -0.05) is 0 Å². The number of hydrogen-bond donors (Lipinski definition) is 0. The summed E-state index contributed by atoms with van der Waals surface area (Å²) in [6, 6.07) is 4.04. The van der Waals surface area contributed by atoms with Gasteiger partial charge in [0.25, 0.3) is 5.91 Å². The van der Waals surface area contributed by atoms with Crippen LogP contribution in [0.2, 0.25) is 0 Å². The first-order valence-corrected chi connectivity index (χ1v) is 6.63. The van der Waals surface area contributed by atoms with E-state index in [0.717, 1.165) is 44.6 Å². The van der Waals surface area contributed by atoms with Gasteiger partial charge >= 0.3 is 0 Å². The maximum atomic E-state index is 12.5. The highest BCUT2D eigenvalue weighted by Crippen LogP contribution is 2.30. The SMILES string of the molecule is O=C(c1ccncc1)N(CC1CCOC1)C1CC1. The van der Waals surface area contributed by atoms with Crippen molar-refractivity contribution in [3.05, 3.63) is 30.1 Å². The molecule has 96 valence electrons. The van der Waals surface area contributed by atoms with Gasteiger partial charge in [0.2, 0.25) is 0 Å². The lowest BCUT2D eigenvalue weighted by atomic mass is 10.1. The third-order valence-electron chi connectivity index (χ3n) is 3.65. The van der Waals surface area contributed by atoms with Gasteiger partial charge in [-0.2, -0.15) is 0 Å². The molecule has 1 saturated heterocycles. The monoisotopic (exact) mass is 246 g/mol. The average molecular weight is 246 g/mol. The molecule has 4 nitrogen and oxygen atoms in total. The molecule has 0 bridgehead atoms.